The van der Waals surface area contributed by atoms with Crippen molar-refractivity contribution >= 4 is 45.3 Å². The lowest BCUT2D eigenvalue weighted by molar-refractivity contribution is 0.0998. The number of hydrogen-bond acceptors (Lipinski definition) is 8. The van der Waals surface area contributed by atoms with Gasteiger partial charge in [0.05, 0.1) is 17.2 Å². The number of nitrogens with zero attached hydrogens (tertiary/aromatic N) is 3. The monoisotopic (exact) mass is 598 g/mol. The van der Waals surface area contributed by atoms with Crippen LogP contribution in [0.5, 0.6) is 17.2 Å². The molecule has 1 aliphatic rings. The van der Waals surface area contributed by atoms with Crippen molar-refractivity contribution in [3.05, 3.63) is 112 Å². The zero-order valence-electron chi connectivity index (χ0n) is 22.2. The molecule has 2 aromatic heterocycles. The molecular weight excluding hydrogens is 575 g/mol. The number of aromatic nitrogens is 2. The number of ether oxygens (including phenoxy) is 2. The Morgan fingerprint density at radius 3 is 2.69 bits per heavy atom. The summed E-state index contributed by atoms with van der Waals surface area (Å²) in [5.41, 5.74) is 3.71. The summed E-state index contributed by atoms with van der Waals surface area (Å²) in [6.45, 7) is 0.703. The molecule has 10 heteroatoms. The highest BCUT2D eigenvalue weighted by atomic mass is 35.5. The fraction of sp³-hybridized carbons (Fsp3) is 0.125. The van der Waals surface area contributed by atoms with E-state index in [0.717, 1.165) is 28.6 Å². The number of thiazole rings is 1. The molecule has 6 rings (SSSR count). The van der Waals surface area contributed by atoms with Crippen LogP contribution < -0.4 is 14.8 Å². The van der Waals surface area contributed by atoms with Crippen molar-refractivity contribution in [1.82, 2.24) is 9.97 Å². The normalized spacial score (nSPS) is 12.4. The van der Waals surface area contributed by atoms with Crippen LogP contribution in [0.1, 0.15) is 22.3 Å². The second-order valence-corrected chi connectivity index (χ2v) is 10.7. The van der Waals surface area contributed by atoms with Gasteiger partial charge in [-0.25, -0.2) is 9.37 Å². The SMILES string of the molecule is O=C1CC(COc2ccc(F)c(Cl)c2)=Nc2c1ccnc2-c1csc(NCCc2ccccc2Oc2ccccc2)n1. The summed E-state index contributed by atoms with van der Waals surface area (Å²) in [6.07, 6.45) is 2.45. The molecule has 0 saturated carbocycles. The van der Waals surface area contributed by atoms with Crippen LogP contribution in [0.25, 0.3) is 11.4 Å². The number of anilines is 1. The number of rotatable bonds is 10. The second kappa shape index (κ2) is 12.5. The van der Waals surface area contributed by atoms with Gasteiger partial charge in [-0.15, -0.1) is 11.3 Å². The zero-order valence-corrected chi connectivity index (χ0v) is 23.8. The van der Waals surface area contributed by atoms with Crippen LogP contribution in [0, 0.1) is 5.82 Å². The van der Waals surface area contributed by atoms with Crippen LogP contribution in [-0.4, -0.2) is 34.6 Å². The third-order valence-corrected chi connectivity index (χ3v) is 7.61. The van der Waals surface area contributed by atoms with Crippen LogP contribution in [-0.2, 0) is 6.42 Å². The first-order chi connectivity index (χ1) is 20.5. The number of halogens is 2. The van der Waals surface area contributed by atoms with Crippen molar-refractivity contribution in [3.63, 3.8) is 0 Å². The summed E-state index contributed by atoms with van der Waals surface area (Å²) in [5.74, 6) is 1.38. The molecule has 0 radical (unpaired) electrons. The van der Waals surface area contributed by atoms with E-state index >= 15 is 0 Å². The minimum absolute atomic E-state index is 0.0383. The highest BCUT2D eigenvalue weighted by Gasteiger charge is 2.25. The minimum atomic E-state index is -0.530. The first kappa shape index (κ1) is 27.6. The molecule has 0 aliphatic carbocycles. The Kier molecular flexibility index (Phi) is 8.21. The first-order valence-electron chi connectivity index (χ1n) is 13.2. The minimum Gasteiger partial charge on any atom is -0.488 e. The van der Waals surface area contributed by atoms with Gasteiger partial charge in [-0.05, 0) is 48.4 Å². The number of ketones is 1. The molecule has 0 bridgehead atoms. The van der Waals surface area contributed by atoms with Gasteiger partial charge in [0, 0.05) is 29.8 Å². The summed E-state index contributed by atoms with van der Waals surface area (Å²) >= 11 is 7.31. The number of nitrogens with one attached hydrogen (secondary N) is 1. The number of pyridine rings is 1. The third-order valence-electron chi connectivity index (χ3n) is 6.52. The van der Waals surface area contributed by atoms with E-state index in [4.69, 9.17) is 31.1 Å². The smallest absolute Gasteiger partial charge is 0.183 e. The number of hydrogen-bond donors (Lipinski definition) is 1. The maximum Gasteiger partial charge on any atom is 0.183 e. The summed E-state index contributed by atoms with van der Waals surface area (Å²) < 4.78 is 25.3. The van der Waals surface area contributed by atoms with Crippen molar-refractivity contribution in [3.8, 4) is 28.6 Å². The number of carbonyl (C=O) groups excluding carboxylic acids is 1. The largest absolute Gasteiger partial charge is 0.488 e. The highest BCUT2D eigenvalue weighted by Crippen LogP contribution is 2.36. The summed E-state index contributed by atoms with van der Waals surface area (Å²) in [5, 5.41) is 5.97. The van der Waals surface area contributed by atoms with Gasteiger partial charge in [-0.2, -0.15) is 0 Å². The predicted molar refractivity (Wildman–Crippen MR) is 163 cm³/mol. The van der Waals surface area contributed by atoms with Crippen LogP contribution in [0.15, 0.2) is 95.4 Å². The maximum atomic E-state index is 13.5. The molecule has 1 N–H and O–H groups in total. The molecule has 0 atom stereocenters. The van der Waals surface area contributed by atoms with Gasteiger partial charge in [0.25, 0.3) is 0 Å². The second-order valence-electron chi connectivity index (χ2n) is 9.44. The van der Waals surface area contributed by atoms with Crippen molar-refractivity contribution in [1.29, 1.82) is 0 Å². The van der Waals surface area contributed by atoms with Crippen molar-refractivity contribution in [2.24, 2.45) is 4.99 Å². The van der Waals surface area contributed by atoms with E-state index in [1.165, 1.54) is 29.5 Å². The van der Waals surface area contributed by atoms with Gasteiger partial charge in [0.1, 0.15) is 46.7 Å². The molecule has 3 heterocycles. The number of fused-ring (bicyclic) bond motifs is 1. The first-order valence-corrected chi connectivity index (χ1v) is 14.5. The fourth-order valence-electron chi connectivity index (χ4n) is 4.47. The number of Topliss-reactive ketones (excluding diaryl/α,β-unsaturated/α-hetero) is 1. The topological polar surface area (TPSA) is 85.7 Å². The van der Waals surface area contributed by atoms with E-state index in [0.29, 0.717) is 40.6 Å². The molecule has 1 aliphatic heterocycles. The van der Waals surface area contributed by atoms with Gasteiger partial charge in [0.15, 0.2) is 10.9 Å². The molecule has 0 fully saturated rings. The van der Waals surface area contributed by atoms with E-state index in [-0.39, 0.29) is 23.8 Å². The average molecular weight is 599 g/mol. The molecule has 42 heavy (non-hydrogen) atoms. The Bertz CT molecular complexity index is 1780. The van der Waals surface area contributed by atoms with E-state index in [9.17, 15) is 9.18 Å². The molecule has 0 amide bonds. The Hall–Kier alpha value is -4.60. The van der Waals surface area contributed by atoms with Gasteiger partial charge < -0.3 is 14.8 Å². The standard InChI is InChI=1S/C32H24ClFN4O3S/c33-25-17-23(10-11-26(25)34)40-18-21-16-28(39)24-13-15-35-31(30(24)37-21)27-19-42-32(38-27)36-14-12-20-6-4-5-9-29(20)41-22-7-2-1-3-8-22/h1-11,13,15,17,19H,12,14,16,18H2,(H,36,38). The Morgan fingerprint density at radius 2 is 1.83 bits per heavy atom. The summed E-state index contributed by atoms with van der Waals surface area (Å²) in [6, 6.07) is 23.4. The fourth-order valence-corrected chi connectivity index (χ4v) is 5.36. The number of aliphatic imine (C=N–C) groups is 1. The molecule has 0 spiro atoms. The average Bonchev–Trinajstić information content (AvgIpc) is 3.48. The predicted octanol–water partition coefficient (Wildman–Crippen LogP) is 8.18. The Balaban J connectivity index is 1.14. The molecule has 0 saturated heterocycles. The summed E-state index contributed by atoms with van der Waals surface area (Å²) in [4.78, 5) is 26.9. The van der Waals surface area contributed by atoms with E-state index in [1.54, 1.807) is 12.3 Å². The Labute approximate surface area is 250 Å². The van der Waals surface area contributed by atoms with Gasteiger partial charge in [-0.3, -0.25) is 14.8 Å². The van der Waals surface area contributed by atoms with Crippen LogP contribution in [0.2, 0.25) is 5.02 Å². The molecule has 3 aromatic carbocycles. The van der Waals surface area contributed by atoms with E-state index in [1.807, 2.05) is 60.0 Å². The highest BCUT2D eigenvalue weighted by molar-refractivity contribution is 7.14. The van der Waals surface area contributed by atoms with E-state index < -0.39 is 5.82 Å². The van der Waals surface area contributed by atoms with Crippen molar-refractivity contribution in [2.45, 2.75) is 12.8 Å². The molecular formula is C32H24ClFN4O3S. The lowest BCUT2D eigenvalue weighted by Gasteiger charge is -2.17. The summed E-state index contributed by atoms with van der Waals surface area (Å²) in [7, 11) is 0. The van der Waals surface area contributed by atoms with Gasteiger partial charge in [0.2, 0.25) is 0 Å². The van der Waals surface area contributed by atoms with Gasteiger partial charge in [-0.1, -0.05) is 48.0 Å². The van der Waals surface area contributed by atoms with Crippen molar-refractivity contribution < 1.29 is 18.7 Å². The number of para-hydroxylation sites is 2. The lowest BCUT2D eigenvalue weighted by atomic mass is 9.99. The van der Waals surface area contributed by atoms with Crippen LogP contribution in [0.4, 0.5) is 15.2 Å². The van der Waals surface area contributed by atoms with Crippen LogP contribution in [0.3, 0.4) is 0 Å². The Morgan fingerprint density at radius 1 is 1.00 bits per heavy atom. The number of benzene rings is 3. The van der Waals surface area contributed by atoms with Crippen molar-refractivity contribution in [2.75, 3.05) is 18.5 Å². The molecule has 7 nitrogen and oxygen atoms in total. The third kappa shape index (κ3) is 6.32. The zero-order chi connectivity index (χ0) is 28.9. The molecule has 0 unspecified atom stereocenters. The molecule has 210 valence electrons. The molecule has 5 aromatic rings. The van der Waals surface area contributed by atoms with Gasteiger partial charge >= 0.3 is 0 Å². The van der Waals surface area contributed by atoms with Crippen LogP contribution >= 0.6 is 22.9 Å². The number of carbonyl (C=O) groups is 1. The lowest BCUT2D eigenvalue weighted by Crippen LogP contribution is -2.20. The quantitative estimate of drug-likeness (QED) is 0.174. The maximum absolute atomic E-state index is 13.5. The van der Waals surface area contributed by atoms with E-state index in [2.05, 4.69) is 10.3 Å².